The summed E-state index contributed by atoms with van der Waals surface area (Å²) in [5, 5.41) is 3.04. The molecule has 2 aliphatic heterocycles. The van der Waals surface area contributed by atoms with E-state index in [2.05, 4.69) is 57.0 Å². The number of nitrogens with one attached hydrogen (secondary N) is 2. The largest absolute Gasteiger partial charge is 0.491 e. The second kappa shape index (κ2) is 14.8. The van der Waals surface area contributed by atoms with E-state index in [1.54, 1.807) is 27.7 Å². The SMILES string of the molecule is COc1cncnc1N1CCN(C(=O)[C@@H](Cc2cc(Br)c(N)c(Br)c2)NC(=O)N2CCC(n3cc(-c4ccccc4)[nH]c3=O)CC2)CC1. The number of rotatable bonds is 8. The molecule has 4 N–H and O–H groups in total. The van der Waals surface area contributed by atoms with Crippen LogP contribution in [0.15, 0.2) is 74.9 Å². The molecule has 6 rings (SSSR count). The number of likely N-dealkylation sites (tertiary alicyclic amines) is 1. The Kier molecular flexibility index (Phi) is 10.3. The number of benzene rings is 2. The molecule has 2 fully saturated rings. The summed E-state index contributed by atoms with van der Waals surface area (Å²) in [6.07, 6.45) is 6.46. The van der Waals surface area contributed by atoms with Crippen molar-refractivity contribution in [2.45, 2.75) is 31.3 Å². The van der Waals surface area contributed by atoms with Crippen LogP contribution in [0.5, 0.6) is 5.75 Å². The number of carbonyl (C=O) groups is 2. The lowest BCUT2D eigenvalue weighted by molar-refractivity contribution is -0.133. The maximum Gasteiger partial charge on any atom is 0.326 e. The van der Waals surface area contributed by atoms with Crippen molar-refractivity contribution in [3.05, 3.63) is 86.2 Å². The summed E-state index contributed by atoms with van der Waals surface area (Å²) in [7, 11) is 1.58. The number of hydrogen-bond acceptors (Lipinski definition) is 8. The standard InChI is InChI=1S/C33H37Br2N9O4/c1-48-28-18-37-20-38-30(28)41-11-13-42(14-12-41)31(45)26(17-21-15-24(34)29(36)25(35)16-21)39-32(46)43-9-7-23(8-10-43)44-19-27(40-33(44)47)22-5-3-2-4-6-22/h2-6,15-16,18-20,23,26H,7-14,17,36H2,1H3,(H,39,46)(H,40,47)/t26-/m1/s1. The lowest BCUT2D eigenvalue weighted by Gasteiger charge is -2.38. The molecule has 2 aromatic carbocycles. The van der Waals surface area contributed by atoms with Gasteiger partial charge in [0.25, 0.3) is 0 Å². The van der Waals surface area contributed by atoms with Gasteiger partial charge in [-0.1, -0.05) is 30.3 Å². The van der Waals surface area contributed by atoms with Gasteiger partial charge in [-0.3, -0.25) is 9.36 Å². The lowest BCUT2D eigenvalue weighted by Crippen LogP contribution is -2.57. The molecule has 4 aromatic rings. The fourth-order valence-electron chi connectivity index (χ4n) is 6.27. The summed E-state index contributed by atoms with van der Waals surface area (Å²) in [5.41, 5.74) is 9.06. The Morgan fingerprint density at radius 3 is 2.40 bits per heavy atom. The molecule has 1 atom stereocenters. The van der Waals surface area contributed by atoms with Gasteiger partial charge in [0.15, 0.2) is 11.6 Å². The third-order valence-electron chi connectivity index (χ3n) is 8.92. The van der Waals surface area contributed by atoms with Gasteiger partial charge in [-0.25, -0.2) is 19.6 Å². The number of piperidine rings is 1. The fraction of sp³-hybridized carbons (Fsp3) is 0.364. The minimum atomic E-state index is -0.807. The average molecular weight is 784 g/mol. The van der Waals surface area contributed by atoms with Gasteiger partial charge in [0.05, 0.1) is 24.7 Å². The molecule has 0 unspecified atom stereocenters. The van der Waals surface area contributed by atoms with Crippen molar-refractivity contribution in [3.8, 4) is 17.0 Å². The van der Waals surface area contributed by atoms with Gasteiger partial charge in [-0.05, 0) is 68.0 Å². The minimum absolute atomic E-state index is 0.0398. The number of nitrogens with two attached hydrogens (primary N) is 1. The number of carbonyl (C=O) groups excluding carboxylic acids is 2. The number of amides is 3. The Bertz CT molecular complexity index is 1790. The molecule has 0 aliphatic carbocycles. The van der Waals surface area contributed by atoms with Crippen LogP contribution in [0.2, 0.25) is 0 Å². The zero-order chi connectivity index (χ0) is 33.8. The Morgan fingerprint density at radius 2 is 1.73 bits per heavy atom. The maximum atomic E-state index is 14.1. The van der Waals surface area contributed by atoms with E-state index in [1.165, 1.54) is 6.33 Å². The molecule has 2 saturated heterocycles. The summed E-state index contributed by atoms with van der Waals surface area (Å²) in [6.45, 7) is 2.92. The number of anilines is 2. The number of methoxy groups -OCH3 is 1. The highest BCUT2D eigenvalue weighted by Crippen LogP contribution is 2.31. The van der Waals surface area contributed by atoms with Gasteiger partial charge in [-0.15, -0.1) is 0 Å². The van der Waals surface area contributed by atoms with Crippen LogP contribution in [-0.2, 0) is 11.2 Å². The minimum Gasteiger partial charge on any atom is -0.491 e. The number of nitrogen functional groups attached to an aromatic ring is 1. The van der Waals surface area contributed by atoms with E-state index in [-0.39, 0.29) is 30.1 Å². The monoisotopic (exact) mass is 781 g/mol. The van der Waals surface area contributed by atoms with E-state index in [9.17, 15) is 14.4 Å². The van der Waals surface area contributed by atoms with Crippen molar-refractivity contribution >= 4 is 55.3 Å². The highest BCUT2D eigenvalue weighted by atomic mass is 79.9. The first kappa shape index (κ1) is 33.5. The average Bonchev–Trinajstić information content (AvgIpc) is 3.51. The van der Waals surface area contributed by atoms with Gasteiger partial charge in [-0.2, -0.15) is 0 Å². The van der Waals surface area contributed by atoms with Gasteiger partial charge in [0.2, 0.25) is 5.91 Å². The molecule has 3 amide bonds. The predicted molar refractivity (Wildman–Crippen MR) is 190 cm³/mol. The normalized spacial score (nSPS) is 16.1. The van der Waals surface area contributed by atoms with Crippen molar-refractivity contribution in [2.75, 3.05) is 57.0 Å². The van der Waals surface area contributed by atoms with Gasteiger partial charge in [0, 0.05) is 66.9 Å². The Hall–Kier alpha value is -4.37. The van der Waals surface area contributed by atoms with E-state index >= 15 is 0 Å². The topological polar surface area (TPSA) is 155 Å². The smallest absolute Gasteiger partial charge is 0.326 e. The van der Waals surface area contributed by atoms with Crippen LogP contribution < -0.4 is 26.4 Å². The van der Waals surface area contributed by atoms with Crippen molar-refractivity contribution in [1.82, 2.24) is 34.6 Å². The number of aromatic nitrogens is 4. The quantitative estimate of drug-likeness (QED) is 0.226. The van der Waals surface area contributed by atoms with Crippen molar-refractivity contribution in [3.63, 3.8) is 0 Å². The second-order valence-corrected chi connectivity index (χ2v) is 13.6. The molecule has 0 saturated carbocycles. The Morgan fingerprint density at radius 1 is 1.04 bits per heavy atom. The third-order valence-corrected chi connectivity index (χ3v) is 10.2. The molecule has 15 heteroatoms. The molecule has 2 aromatic heterocycles. The molecule has 0 radical (unpaired) electrons. The molecular weight excluding hydrogens is 746 g/mol. The van der Waals surface area contributed by atoms with Crippen LogP contribution in [-0.4, -0.2) is 93.7 Å². The summed E-state index contributed by atoms with van der Waals surface area (Å²) in [5.74, 6) is 1.09. The van der Waals surface area contributed by atoms with E-state index < -0.39 is 6.04 Å². The number of halogens is 2. The number of ether oxygens (including phenoxy) is 1. The van der Waals surface area contributed by atoms with Crippen LogP contribution >= 0.6 is 31.9 Å². The first-order chi connectivity index (χ1) is 23.2. The fourth-order valence-corrected chi connectivity index (χ4v) is 7.56. The highest BCUT2D eigenvalue weighted by Gasteiger charge is 2.33. The van der Waals surface area contributed by atoms with Crippen LogP contribution in [0, 0.1) is 0 Å². The number of H-pyrrole nitrogens is 1. The Labute approximate surface area is 294 Å². The predicted octanol–water partition coefficient (Wildman–Crippen LogP) is 4.06. The molecule has 13 nitrogen and oxygen atoms in total. The van der Waals surface area contributed by atoms with Gasteiger partial charge in [0.1, 0.15) is 12.4 Å². The number of nitrogens with zero attached hydrogens (tertiary/aromatic N) is 6. The van der Waals surface area contributed by atoms with Crippen LogP contribution in [0.25, 0.3) is 11.3 Å². The second-order valence-electron chi connectivity index (χ2n) is 11.9. The summed E-state index contributed by atoms with van der Waals surface area (Å²) in [6, 6.07) is 12.3. The summed E-state index contributed by atoms with van der Waals surface area (Å²) < 4.78 is 8.57. The highest BCUT2D eigenvalue weighted by molar-refractivity contribution is 9.11. The number of hydrogen-bond donors (Lipinski definition) is 3. The van der Waals surface area contributed by atoms with E-state index in [1.807, 2.05) is 48.7 Å². The van der Waals surface area contributed by atoms with Crippen molar-refractivity contribution in [1.29, 1.82) is 0 Å². The third kappa shape index (κ3) is 7.36. The molecule has 4 heterocycles. The zero-order valence-corrected chi connectivity index (χ0v) is 29.6. The van der Waals surface area contributed by atoms with Crippen molar-refractivity contribution in [2.24, 2.45) is 0 Å². The van der Waals surface area contributed by atoms with Crippen molar-refractivity contribution < 1.29 is 14.3 Å². The first-order valence-corrected chi connectivity index (χ1v) is 17.3. The Balaban J connectivity index is 1.13. The van der Waals surface area contributed by atoms with E-state index in [4.69, 9.17) is 10.5 Å². The summed E-state index contributed by atoms with van der Waals surface area (Å²) in [4.78, 5) is 57.5. The van der Waals surface area contributed by atoms with E-state index in [0.717, 1.165) is 16.8 Å². The molecular formula is C33H37Br2N9O4. The molecule has 252 valence electrons. The van der Waals surface area contributed by atoms with Gasteiger partial charge >= 0.3 is 11.7 Å². The molecule has 0 bridgehead atoms. The maximum absolute atomic E-state index is 14.1. The van der Waals surface area contributed by atoms with Crippen LogP contribution in [0.3, 0.4) is 0 Å². The molecule has 0 spiro atoms. The number of urea groups is 1. The van der Waals surface area contributed by atoms with Crippen LogP contribution in [0.4, 0.5) is 16.3 Å². The molecule has 2 aliphatic rings. The summed E-state index contributed by atoms with van der Waals surface area (Å²) >= 11 is 7.00. The number of imidazole rings is 1. The molecule has 48 heavy (non-hydrogen) atoms. The number of piperazine rings is 1. The number of aromatic amines is 1. The van der Waals surface area contributed by atoms with E-state index in [0.29, 0.717) is 78.3 Å². The van der Waals surface area contributed by atoms with Crippen LogP contribution in [0.1, 0.15) is 24.4 Å². The first-order valence-electron chi connectivity index (χ1n) is 15.7. The lowest BCUT2D eigenvalue weighted by atomic mass is 10.0. The van der Waals surface area contributed by atoms with Gasteiger partial charge < -0.3 is 35.5 Å². The zero-order valence-electron chi connectivity index (χ0n) is 26.4.